The highest BCUT2D eigenvalue weighted by atomic mass is 16.6. The van der Waals surface area contributed by atoms with Crippen molar-refractivity contribution in [1.29, 1.82) is 0 Å². The molecule has 0 saturated carbocycles. The number of rotatable bonds is 4. The Hall–Kier alpha value is -0.730. The average molecular weight is 255 g/mol. The van der Waals surface area contributed by atoms with E-state index in [4.69, 9.17) is 4.74 Å². The van der Waals surface area contributed by atoms with Gasteiger partial charge in [-0.3, -0.25) is 0 Å². The van der Waals surface area contributed by atoms with Crippen molar-refractivity contribution in [3.05, 3.63) is 0 Å². The van der Waals surface area contributed by atoms with Gasteiger partial charge in [0.2, 0.25) is 0 Å². The van der Waals surface area contributed by atoms with Gasteiger partial charge in [-0.1, -0.05) is 26.7 Å². The normalized spacial score (nSPS) is 24.4. The van der Waals surface area contributed by atoms with Gasteiger partial charge in [0.15, 0.2) is 0 Å². The van der Waals surface area contributed by atoms with Crippen LogP contribution in [0.3, 0.4) is 0 Å². The van der Waals surface area contributed by atoms with Gasteiger partial charge in [-0.15, -0.1) is 0 Å². The van der Waals surface area contributed by atoms with Crippen LogP contribution in [0.5, 0.6) is 0 Å². The van der Waals surface area contributed by atoms with Gasteiger partial charge < -0.3 is 9.64 Å². The van der Waals surface area contributed by atoms with Crippen LogP contribution in [-0.4, -0.2) is 29.2 Å². The Balaban J connectivity index is 2.62. The number of carbonyl (C=O) groups excluding carboxylic acids is 1. The lowest BCUT2D eigenvalue weighted by molar-refractivity contribution is 0.0215. The molecule has 0 bridgehead atoms. The van der Waals surface area contributed by atoms with Gasteiger partial charge in [0.25, 0.3) is 0 Å². The van der Waals surface area contributed by atoms with Crippen molar-refractivity contribution in [3.8, 4) is 0 Å². The topological polar surface area (TPSA) is 29.5 Å². The molecule has 3 heteroatoms. The van der Waals surface area contributed by atoms with E-state index in [1.54, 1.807) is 0 Å². The molecule has 1 aliphatic heterocycles. The molecule has 0 aromatic heterocycles. The lowest BCUT2D eigenvalue weighted by atomic mass is 9.99. The summed E-state index contributed by atoms with van der Waals surface area (Å²) in [6, 6.07) is 0.390. The van der Waals surface area contributed by atoms with Crippen LogP contribution in [-0.2, 0) is 4.74 Å². The Morgan fingerprint density at radius 3 is 2.33 bits per heavy atom. The maximum atomic E-state index is 12.2. The molecule has 1 heterocycles. The highest BCUT2D eigenvalue weighted by Gasteiger charge is 2.36. The molecule has 106 valence electrons. The summed E-state index contributed by atoms with van der Waals surface area (Å²) < 4.78 is 5.51. The van der Waals surface area contributed by atoms with Crippen molar-refractivity contribution in [2.45, 2.75) is 78.4 Å². The molecule has 1 amide bonds. The minimum absolute atomic E-state index is 0.125. The van der Waals surface area contributed by atoms with E-state index in [1.165, 1.54) is 12.8 Å². The fraction of sp³-hybridized carbons (Fsp3) is 0.933. The SMILES string of the molecule is CCCC1CC(CCC)N(C(=O)OC(C)(C)C)C1. The smallest absolute Gasteiger partial charge is 0.410 e. The van der Waals surface area contributed by atoms with Gasteiger partial charge in [-0.05, 0) is 46.0 Å². The first-order valence-electron chi connectivity index (χ1n) is 7.37. The summed E-state index contributed by atoms with van der Waals surface area (Å²) in [6.45, 7) is 11.1. The summed E-state index contributed by atoms with van der Waals surface area (Å²) in [5, 5.41) is 0. The summed E-state index contributed by atoms with van der Waals surface area (Å²) in [7, 11) is 0. The maximum Gasteiger partial charge on any atom is 0.410 e. The van der Waals surface area contributed by atoms with E-state index >= 15 is 0 Å². The van der Waals surface area contributed by atoms with E-state index < -0.39 is 5.60 Å². The van der Waals surface area contributed by atoms with Crippen LogP contribution in [0.2, 0.25) is 0 Å². The summed E-state index contributed by atoms with van der Waals surface area (Å²) in [4.78, 5) is 14.2. The maximum absolute atomic E-state index is 12.2. The average Bonchev–Trinajstić information content (AvgIpc) is 2.60. The fourth-order valence-electron chi connectivity index (χ4n) is 2.78. The predicted octanol–water partition coefficient (Wildman–Crippen LogP) is 4.21. The fourth-order valence-corrected chi connectivity index (χ4v) is 2.78. The zero-order valence-corrected chi connectivity index (χ0v) is 12.7. The zero-order valence-electron chi connectivity index (χ0n) is 12.7. The number of nitrogens with zero attached hydrogens (tertiary/aromatic N) is 1. The third kappa shape index (κ3) is 4.51. The van der Waals surface area contributed by atoms with Crippen molar-refractivity contribution in [2.24, 2.45) is 5.92 Å². The summed E-state index contributed by atoms with van der Waals surface area (Å²) in [6.07, 6.45) is 5.67. The Kier molecular flexibility index (Phi) is 5.48. The second-order valence-corrected chi connectivity index (χ2v) is 6.47. The molecule has 2 atom stereocenters. The molecule has 1 rings (SSSR count). The second-order valence-electron chi connectivity index (χ2n) is 6.47. The van der Waals surface area contributed by atoms with E-state index in [9.17, 15) is 4.79 Å². The lowest BCUT2D eigenvalue weighted by Crippen LogP contribution is -2.40. The Morgan fingerprint density at radius 2 is 1.83 bits per heavy atom. The third-order valence-electron chi connectivity index (χ3n) is 3.45. The van der Waals surface area contributed by atoms with Crippen molar-refractivity contribution >= 4 is 6.09 Å². The largest absolute Gasteiger partial charge is 0.444 e. The summed E-state index contributed by atoms with van der Waals surface area (Å²) in [5.74, 6) is 0.666. The summed E-state index contributed by atoms with van der Waals surface area (Å²) in [5.41, 5.74) is -0.392. The van der Waals surface area contributed by atoms with E-state index in [0.29, 0.717) is 12.0 Å². The molecule has 1 saturated heterocycles. The minimum atomic E-state index is -0.392. The number of hydrogen-bond acceptors (Lipinski definition) is 2. The van der Waals surface area contributed by atoms with Gasteiger partial charge in [0.1, 0.15) is 5.60 Å². The molecule has 0 radical (unpaired) electrons. The van der Waals surface area contributed by atoms with Crippen molar-refractivity contribution < 1.29 is 9.53 Å². The molecule has 0 aromatic rings. The first-order valence-corrected chi connectivity index (χ1v) is 7.37. The van der Waals surface area contributed by atoms with Crippen molar-refractivity contribution in [3.63, 3.8) is 0 Å². The van der Waals surface area contributed by atoms with Crippen LogP contribution in [0.25, 0.3) is 0 Å². The Bertz CT molecular complexity index is 270. The van der Waals surface area contributed by atoms with Gasteiger partial charge >= 0.3 is 6.09 Å². The van der Waals surface area contributed by atoms with Gasteiger partial charge in [-0.2, -0.15) is 0 Å². The quantitative estimate of drug-likeness (QED) is 0.753. The standard InChI is InChI=1S/C15H29NO2/c1-6-8-12-10-13(9-7-2)16(11-12)14(17)18-15(3,4)5/h12-13H,6-11H2,1-5H3. The molecule has 0 aliphatic carbocycles. The number of hydrogen-bond donors (Lipinski definition) is 0. The molecular formula is C15H29NO2. The first-order chi connectivity index (χ1) is 8.37. The van der Waals surface area contributed by atoms with Gasteiger partial charge in [0.05, 0.1) is 0 Å². The van der Waals surface area contributed by atoms with Gasteiger partial charge in [0, 0.05) is 12.6 Å². The van der Waals surface area contributed by atoms with E-state index in [-0.39, 0.29) is 6.09 Å². The van der Waals surface area contributed by atoms with Crippen LogP contribution < -0.4 is 0 Å². The van der Waals surface area contributed by atoms with Crippen LogP contribution in [0, 0.1) is 5.92 Å². The first kappa shape index (κ1) is 15.3. The molecule has 3 nitrogen and oxygen atoms in total. The molecular weight excluding hydrogens is 226 g/mol. The van der Waals surface area contributed by atoms with Gasteiger partial charge in [-0.25, -0.2) is 4.79 Å². The molecule has 0 N–H and O–H groups in total. The molecule has 1 aliphatic rings. The Morgan fingerprint density at radius 1 is 1.22 bits per heavy atom. The monoisotopic (exact) mass is 255 g/mol. The highest BCUT2D eigenvalue weighted by molar-refractivity contribution is 5.69. The van der Waals surface area contributed by atoms with Crippen LogP contribution >= 0.6 is 0 Å². The number of ether oxygens (including phenoxy) is 1. The van der Waals surface area contributed by atoms with Crippen molar-refractivity contribution in [2.75, 3.05) is 6.54 Å². The number of carbonyl (C=O) groups is 1. The van der Waals surface area contributed by atoms with E-state index in [1.807, 2.05) is 25.7 Å². The number of amides is 1. The summed E-state index contributed by atoms with van der Waals surface area (Å²) >= 11 is 0. The molecule has 18 heavy (non-hydrogen) atoms. The van der Waals surface area contributed by atoms with E-state index in [0.717, 1.165) is 25.8 Å². The zero-order chi connectivity index (χ0) is 13.8. The predicted molar refractivity (Wildman–Crippen MR) is 74.7 cm³/mol. The molecule has 2 unspecified atom stereocenters. The van der Waals surface area contributed by atoms with E-state index in [2.05, 4.69) is 13.8 Å². The molecule has 1 fully saturated rings. The van der Waals surface area contributed by atoms with Crippen LogP contribution in [0.4, 0.5) is 4.79 Å². The third-order valence-corrected chi connectivity index (χ3v) is 3.45. The van der Waals surface area contributed by atoms with Crippen molar-refractivity contribution in [1.82, 2.24) is 4.90 Å². The molecule has 0 spiro atoms. The lowest BCUT2D eigenvalue weighted by Gasteiger charge is -2.28. The second kappa shape index (κ2) is 6.44. The highest BCUT2D eigenvalue weighted by Crippen LogP contribution is 2.30. The van der Waals surface area contributed by atoms with Crippen LogP contribution in [0.15, 0.2) is 0 Å². The minimum Gasteiger partial charge on any atom is -0.444 e. The molecule has 0 aromatic carbocycles. The number of likely N-dealkylation sites (tertiary alicyclic amines) is 1. The van der Waals surface area contributed by atoms with Crippen LogP contribution in [0.1, 0.15) is 66.7 Å². The Labute approximate surface area is 112 Å².